The van der Waals surface area contributed by atoms with Gasteiger partial charge in [0.2, 0.25) is 0 Å². The third-order valence-electron chi connectivity index (χ3n) is 9.55. The first-order valence-corrected chi connectivity index (χ1v) is 14.1. The second-order valence-corrected chi connectivity index (χ2v) is 11.6. The van der Waals surface area contributed by atoms with Gasteiger partial charge < -0.3 is 9.47 Å². The normalized spacial score (nSPS) is 25.0. The molecule has 4 aliphatic rings. The van der Waals surface area contributed by atoms with Crippen molar-refractivity contribution in [3.8, 4) is 28.3 Å². The minimum Gasteiger partial charge on any atom is -0.494 e. The van der Waals surface area contributed by atoms with Crippen molar-refractivity contribution in [3.63, 3.8) is 0 Å². The number of aryl methyl sites for hydroxylation is 1. The lowest BCUT2D eigenvalue weighted by atomic mass is 9.98. The molecule has 0 radical (unpaired) electrons. The average molecular weight is 508 g/mol. The predicted octanol–water partition coefficient (Wildman–Crippen LogP) is 4.94. The van der Waals surface area contributed by atoms with E-state index in [1.54, 1.807) is 7.11 Å². The van der Waals surface area contributed by atoms with Crippen LogP contribution in [0.3, 0.4) is 0 Å². The van der Waals surface area contributed by atoms with Gasteiger partial charge in [-0.25, -0.2) is 4.98 Å². The molecule has 0 bridgehead atoms. The Morgan fingerprint density at radius 3 is 2.87 bits per heavy atom. The van der Waals surface area contributed by atoms with Crippen LogP contribution in [0.1, 0.15) is 42.5 Å². The molecule has 2 saturated heterocycles. The molecule has 2 aliphatic heterocycles. The minimum atomic E-state index is 0.233. The van der Waals surface area contributed by atoms with Gasteiger partial charge in [-0.05, 0) is 67.7 Å². The number of fused-ring (bicyclic) bond motifs is 3. The Morgan fingerprint density at radius 2 is 2.03 bits per heavy atom. The molecular formula is C31H33N5O2. The van der Waals surface area contributed by atoms with E-state index in [9.17, 15) is 0 Å². The fourth-order valence-electron chi connectivity index (χ4n) is 7.40. The summed E-state index contributed by atoms with van der Waals surface area (Å²) < 4.78 is 11.4. The van der Waals surface area contributed by atoms with Crippen LogP contribution in [-0.4, -0.2) is 64.5 Å². The first-order valence-electron chi connectivity index (χ1n) is 14.1. The van der Waals surface area contributed by atoms with Gasteiger partial charge in [0.1, 0.15) is 22.7 Å². The molecule has 2 unspecified atom stereocenters. The SMILES string of the molecule is COc1cc2[nH]nc(-c3ccc(C45CC4CN(C4CCOCC4)C5)nc3)c2nc1-c1cccc2c1CCC2. The van der Waals surface area contributed by atoms with Gasteiger partial charge >= 0.3 is 0 Å². The highest BCUT2D eigenvalue weighted by Gasteiger charge is 2.62. The number of pyridine rings is 2. The van der Waals surface area contributed by atoms with Crippen LogP contribution < -0.4 is 4.74 Å². The molecule has 1 saturated carbocycles. The Hall–Kier alpha value is -3.29. The van der Waals surface area contributed by atoms with Crippen molar-refractivity contribution in [3.05, 3.63) is 59.4 Å². The smallest absolute Gasteiger partial charge is 0.147 e. The van der Waals surface area contributed by atoms with Gasteiger partial charge in [0.25, 0.3) is 0 Å². The topological polar surface area (TPSA) is 76.2 Å². The second-order valence-electron chi connectivity index (χ2n) is 11.6. The maximum Gasteiger partial charge on any atom is 0.147 e. The first kappa shape index (κ1) is 22.7. The minimum absolute atomic E-state index is 0.233. The van der Waals surface area contributed by atoms with E-state index < -0.39 is 0 Å². The van der Waals surface area contributed by atoms with Gasteiger partial charge in [-0.2, -0.15) is 5.10 Å². The van der Waals surface area contributed by atoms with Crippen LogP contribution in [0.5, 0.6) is 5.75 Å². The van der Waals surface area contributed by atoms with Gasteiger partial charge in [-0.3, -0.25) is 15.0 Å². The van der Waals surface area contributed by atoms with Crippen LogP contribution in [0.4, 0.5) is 0 Å². The summed E-state index contributed by atoms with van der Waals surface area (Å²) in [5.41, 5.74) is 9.94. The Balaban J connectivity index is 1.12. The van der Waals surface area contributed by atoms with Crippen molar-refractivity contribution in [2.75, 3.05) is 33.4 Å². The summed E-state index contributed by atoms with van der Waals surface area (Å²) in [4.78, 5) is 12.9. The van der Waals surface area contributed by atoms with Gasteiger partial charge in [0.05, 0.1) is 12.6 Å². The Bertz CT molecular complexity index is 1520. The molecule has 8 rings (SSSR count). The molecule has 2 atom stereocenters. The molecule has 1 N–H and O–H groups in total. The summed E-state index contributed by atoms with van der Waals surface area (Å²) in [7, 11) is 1.71. The van der Waals surface area contributed by atoms with Crippen LogP contribution >= 0.6 is 0 Å². The van der Waals surface area contributed by atoms with Crippen molar-refractivity contribution < 1.29 is 9.47 Å². The standard InChI is InChI=1S/C31H33N5O2/c1-37-26-14-25-30(33-29(26)24-7-3-5-19-4-2-6-23(19)24)28(35-34-25)20-8-9-27(32-16-20)31-15-21(31)17-36(18-31)22-10-12-38-13-11-22/h3,5,7-9,14,16,21-22H,2,4,6,10-13,15,17-18H2,1H3,(H,34,35). The lowest BCUT2D eigenvalue weighted by molar-refractivity contribution is 0.0378. The van der Waals surface area contributed by atoms with E-state index in [4.69, 9.17) is 19.4 Å². The van der Waals surface area contributed by atoms with Crippen molar-refractivity contribution >= 4 is 11.0 Å². The number of ether oxygens (including phenoxy) is 2. The highest BCUT2D eigenvalue weighted by Crippen LogP contribution is 2.59. The number of H-pyrrole nitrogens is 1. The maximum atomic E-state index is 5.79. The van der Waals surface area contributed by atoms with Crippen LogP contribution in [-0.2, 0) is 23.0 Å². The molecule has 4 aromatic rings. The number of rotatable bonds is 5. The van der Waals surface area contributed by atoms with E-state index in [-0.39, 0.29) is 5.41 Å². The molecule has 5 heterocycles. The zero-order valence-corrected chi connectivity index (χ0v) is 21.9. The van der Waals surface area contributed by atoms with E-state index in [0.717, 1.165) is 85.1 Å². The summed E-state index contributed by atoms with van der Waals surface area (Å²) in [6.07, 6.45) is 9.00. The molecule has 7 nitrogen and oxygen atoms in total. The van der Waals surface area contributed by atoms with E-state index >= 15 is 0 Å². The largest absolute Gasteiger partial charge is 0.494 e. The van der Waals surface area contributed by atoms with Crippen LogP contribution in [0, 0.1) is 5.92 Å². The highest BCUT2D eigenvalue weighted by atomic mass is 16.5. The number of likely N-dealkylation sites (tertiary alicyclic amines) is 1. The molecule has 0 spiro atoms. The Kier molecular flexibility index (Phi) is 5.14. The molecule has 1 aromatic carbocycles. The average Bonchev–Trinajstić information content (AvgIpc) is 3.35. The first-order chi connectivity index (χ1) is 18.7. The molecule has 0 amide bonds. The molecule has 2 aliphatic carbocycles. The fraction of sp³-hybridized carbons (Fsp3) is 0.452. The van der Waals surface area contributed by atoms with Crippen LogP contribution in [0.25, 0.3) is 33.5 Å². The Labute approximate surface area is 222 Å². The number of piperidine rings is 1. The number of aromatic nitrogens is 4. The summed E-state index contributed by atoms with van der Waals surface area (Å²) in [6.45, 7) is 4.14. The summed E-state index contributed by atoms with van der Waals surface area (Å²) in [5, 5.41) is 7.86. The van der Waals surface area contributed by atoms with Crippen molar-refractivity contribution in [1.29, 1.82) is 0 Å². The predicted molar refractivity (Wildman–Crippen MR) is 146 cm³/mol. The quantitative estimate of drug-likeness (QED) is 0.413. The molecular weight excluding hydrogens is 474 g/mol. The molecule has 38 heavy (non-hydrogen) atoms. The number of hydrogen-bond acceptors (Lipinski definition) is 6. The fourth-order valence-corrected chi connectivity index (χ4v) is 7.40. The summed E-state index contributed by atoms with van der Waals surface area (Å²) in [5.74, 6) is 1.51. The van der Waals surface area contributed by atoms with Crippen molar-refractivity contribution in [2.24, 2.45) is 5.92 Å². The van der Waals surface area contributed by atoms with Gasteiger partial charge in [0, 0.05) is 66.8 Å². The number of nitrogens with one attached hydrogen (secondary N) is 1. The number of hydrogen-bond donors (Lipinski definition) is 1. The van der Waals surface area contributed by atoms with E-state index in [1.807, 2.05) is 12.3 Å². The third kappa shape index (κ3) is 3.45. The zero-order chi connectivity index (χ0) is 25.3. The van der Waals surface area contributed by atoms with Gasteiger partial charge in [-0.15, -0.1) is 0 Å². The summed E-state index contributed by atoms with van der Waals surface area (Å²) in [6, 6.07) is 13.7. The monoisotopic (exact) mass is 507 g/mol. The van der Waals surface area contributed by atoms with Gasteiger partial charge in [-0.1, -0.05) is 18.2 Å². The third-order valence-corrected chi connectivity index (χ3v) is 9.55. The zero-order valence-electron chi connectivity index (χ0n) is 21.9. The molecule has 194 valence electrons. The van der Waals surface area contributed by atoms with Crippen molar-refractivity contribution in [1.82, 2.24) is 25.1 Å². The van der Waals surface area contributed by atoms with Crippen LogP contribution in [0.15, 0.2) is 42.6 Å². The van der Waals surface area contributed by atoms with E-state index in [1.165, 1.54) is 41.8 Å². The maximum absolute atomic E-state index is 5.79. The lowest BCUT2D eigenvalue weighted by Gasteiger charge is -2.33. The van der Waals surface area contributed by atoms with E-state index in [2.05, 4.69) is 45.4 Å². The molecule has 3 aromatic heterocycles. The summed E-state index contributed by atoms with van der Waals surface area (Å²) >= 11 is 0. The number of aromatic amines is 1. The second kappa shape index (κ2) is 8.61. The number of nitrogens with zero attached hydrogens (tertiary/aromatic N) is 4. The Morgan fingerprint density at radius 1 is 1.11 bits per heavy atom. The van der Waals surface area contributed by atoms with Gasteiger partial charge in [0.15, 0.2) is 0 Å². The highest BCUT2D eigenvalue weighted by molar-refractivity contribution is 5.93. The molecule has 3 fully saturated rings. The number of benzene rings is 1. The number of methoxy groups -OCH3 is 1. The lowest BCUT2D eigenvalue weighted by Crippen LogP contribution is -2.40. The molecule has 7 heteroatoms. The van der Waals surface area contributed by atoms with Crippen LogP contribution in [0.2, 0.25) is 0 Å². The van der Waals surface area contributed by atoms with E-state index in [0.29, 0.717) is 6.04 Å². The van der Waals surface area contributed by atoms with Crippen molar-refractivity contribution in [2.45, 2.75) is 50.0 Å².